The van der Waals surface area contributed by atoms with Crippen molar-refractivity contribution in [3.63, 3.8) is 0 Å². The maximum atomic E-state index is 12.4. The molecule has 0 aliphatic heterocycles. The fourth-order valence-electron chi connectivity index (χ4n) is 3.46. The van der Waals surface area contributed by atoms with Gasteiger partial charge in [-0.05, 0) is 18.2 Å². The summed E-state index contributed by atoms with van der Waals surface area (Å²) < 4.78 is 6.97. The third-order valence-electron chi connectivity index (χ3n) is 4.89. The molecule has 3 N–H and O–H groups in total. The number of amides is 1. The Bertz CT molecular complexity index is 1260. The minimum atomic E-state index is -1.12. The Hall–Kier alpha value is -4.39. The zero-order valence-corrected chi connectivity index (χ0v) is 16.6. The van der Waals surface area contributed by atoms with Crippen molar-refractivity contribution in [3.8, 4) is 34.0 Å². The summed E-state index contributed by atoms with van der Waals surface area (Å²) in [6.45, 7) is 0. The van der Waals surface area contributed by atoms with E-state index in [1.54, 1.807) is 42.5 Å². The summed E-state index contributed by atoms with van der Waals surface area (Å²) in [5.41, 5.74) is 8.15. The van der Waals surface area contributed by atoms with Gasteiger partial charge in [0.2, 0.25) is 5.91 Å². The second-order valence-electron chi connectivity index (χ2n) is 6.77. The number of aromatic nitrogens is 2. The summed E-state index contributed by atoms with van der Waals surface area (Å²) in [6.07, 6.45) is 0. The van der Waals surface area contributed by atoms with Crippen molar-refractivity contribution < 1.29 is 19.4 Å². The first-order valence-corrected chi connectivity index (χ1v) is 9.46. The summed E-state index contributed by atoms with van der Waals surface area (Å²) in [5.74, 6) is -1.31. The van der Waals surface area contributed by atoms with Crippen LogP contribution in [0.15, 0.2) is 78.9 Å². The molecule has 154 valence electrons. The quantitative estimate of drug-likeness (QED) is 0.497. The minimum absolute atomic E-state index is 0.0453. The van der Waals surface area contributed by atoms with Gasteiger partial charge in [-0.1, -0.05) is 60.7 Å². The van der Waals surface area contributed by atoms with Crippen molar-refractivity contribution in [2.24, 2.45) is 5.73 Å². The van der Waals surface area contributed by atoms with E-state index < -0.39 is 11.9 Å². The molecule has 0 spiro atoms. The number of methoxy groups -OCH3 is 1. The summed E-state index contributed by atoms with van der Waals surface area (Å²) in [6, 6.07) is 22.9. The van der Waals surface area contributed by atoms with Gasteiger partial charge in [0.1, 0.15) is 22.7 Å². The van der Waals surface area contributed by atoms with Crippen molar-refractivity contribution in [2.75, 3.05) is 7.11 Å². The molecule has 0 unspecified atom stereocenters. The Morgan fingerprint density at radius 2 is 1.55 bits per heavy atom. The molecule has 0 bridgehead atoms. The van der Waals surface area contributed by atoms with Gasteiger partial charge in [0.25, 0.3) is 0 Å². The van der Waals surface area contributed by atoms with Gasteiger partial charge in [-0.3, -0.25) is 4.79 Å². The highest BCUT2D eigenvalue weighted by Gasteiger charge is 2.27. The zero-order valence-electron chi connectivity index (χ0n) is 16.6. The number of aromatic carboxylic acids is 1. The van der Waals surface area contributed by atoms with Crippen molar-refractivity contribution in [1.82, 2.24) is 9.78 Å². The van der Waals surface area contributed by atoms with Gasteiger partial charge < -0.3 is 15.6 Å². The van der Waals surface area contributed by atoms with Crippen LogP contribution in [0.1, 0.15) is 20.7 Å². The van der Waals surface area contributed by atoms with Gasteiger partial charge in [0.15, 0.2) is 0 Å². The van der Waals surface area contributed by atoms with Crippen molar-refractivity contribution in [3.05, 3.63) is 90.0 Å². The van der Waals surface area contributed by atoms with Crippen LogP contribution in [0.3, 0.4) is 0 Å². The molecule has 31 heavy (non-hydrogen) atoms. The topological polar surface area (TPSA) is 107 Å². The average molecular weight is 413 g/mol. The Kier molecular flexibility index (Phi) is 5.24. The van der Waals surface area contributed by atoms with Gasteiger partial charge >= 0.3 is 5.97 Å². The van der Waals surface area contributed by atoms with E-state index in [1.807, 2.05) is 36.4 Å². The number of primary amides is 1. The maximum absolute atomic E-state index is 12.4. The molecule has 3 aromatic carbocycles. The Balaban J connectivity index is 2.11. The minimum Gasteiger partial charge on any atom is -0.494 e. The first kappa shape index (κ1) is 19.9. The smallest absolute Gasteiger partial charge is 0.340 e. The predicted octanol–water partition coefficient (Wildman–Crippen LogP) is 4.01. The van der Waals surface area contributed by atoms with Crippen molar-refractivity contribution in [2.45, 2.75) is 0 Å². The molecule has 7 nitrogen and oxygen atoms in total. The van der Waals surface area contributed by atoms with E-state index in [0.29, 0.717) is 34.0 Å². The lowest BCUT2D eigenvalue weighted by atomic mass is 10.0. The van der Waals surface area contributed by atoms with Crippen LogP contribution in [0.2, 0.25) is 0 Å². The number of hydrogen-bond acceptors (Lipinski definition) is 4. The number of carboxylic acids is 1. The van der Waals surface area contributed by atoms with Crippen LogP contribution >= 0.6 is 0 Å². The number of carbonyl (C=O) groups excluding carboxylic acids is 1. The number of carbonyl (C=O) groups is 2. The SMILES string of the molecule is COc1ccc(C(N)=O)cc1-n1nc(-c2ccccc2)c(C(=O)O)c1-c1ccccc1. The fourth-order valence-corrected chi connectivity index (χ4v) is 3.46. The van der Waals surface area contributed by atoms with Gasteiger partial charge in [0.05, 0.1) is 12.8 Å². The second-order valence-corrected chi connectivity index (χ2v) is 6.77. The highest BCUT2D eigenvalue weighted by Crippen LogP contribution is 2.36. The number of rotatable bonds is 6. The number of nitrogens with zero attached hydrogens (tertiary/aromatic N) is 2. The van der Waals surface area contributed by atoms with Crippen LogP contribution in [0.5, 0.6) is 5.75 Å². The Morgan fingerprint density at radius 3 is 2.10 bits per heavy atom. The lowest BCUT2D eigenvalue weighted by molar-refractivity contribution is 0.0698. The molecule has 0 aliphatic rings. The molecular weight excluding hydrogens is 394 g/mol. The number of ether oxygens (including phenoxy) is 1. The molecule has 0 saturated heterocycles. The van der Waals surface area contributed by atoms with Crippen LogP contribution in [0, 0.1) is 0 Å². The van der Waals surface area contributed by atoms with Gasteiger partial charge in [-0.2, -0.15) is 5.10 Å². The highest BCUT2D eigenvalue weighted by molar-refractivity contribution is 6.02. The molecule has 1 heterocycles. The molecule has 0 saturated carbocycles. The summed E-state index contributed by atoms with van der Waals surface area (Å²) in [7, 11) is 1.49. The summed E-state index contributed by atoms with van der Waals surface area (Å²) >= 11 is 0. The first-order chi connectivity index (χ1) is 15.0. The molecule has 0 aliphatic carbocycles. The van der Waals surface area contributed by atoms with E-state index in [2.05, 4.69) is 5.10 Å². The van der Waals surface area contributed by atoms with E-state index in [4.69, 9.17) is 10.5 Å². The van der Waals surface area contributed by atoms with Crippen LogP contribution in [0.4, 0.5) is 0 Å². The molecule has 0 atom stereocenters. The lowest BCUT2D eigenvalue weighted by Gasteiger charge is -2.13. The van der Waals surface area contributed by atoms with Gasteiger partial charge in [0, 0.05) is 16.7 Å². The molecule has 1 aromatic heterocycles. The molecule has 7 heteroatoms. The van der Waals surface area contributed by atoms with Gasteiger partial charge in [-0.15, -0.1) is 0 Å². The molecule has 0 radical (unpaired) electrons. The number of hydrogen-bond donors (Lipinski definition) is 2. The number of carboxylic acid groups (broad SMARTS) is 1. The highest BCUT2D eigenvalue weighted by atomic mass is 16.5. The lowest BCUT2D eigenvalue weighted by Crippen LogP contribution is -2.12. The largest absolute Gasteiger partial charge is 0.494 e. The predicted molar refractivity (Wildman–Crippen MR) is 116 cm³/mol. The maximum Gasteiger partial charge on any atom is 0.340 e. The van der Waals surface area contributed by atoms with Crippen LogP contribution < -0.4 is 10.5 Å². The van der Waals surface area contributed by atoms with Crippen molar-refractivity contribution in [1.29, 1.82) is 0 Å². The van der Waals surface area contributed by atoms with E-state index in [9.17, 15) is 14.7 Å². The molecular formula is C24H19N3O4. The third-order valence-corrected chi connectivity index (χ3v) is 4.89. The number of benzene rings is 3. The Labute approximate surface area is 178 Å². The van der Waals surface area contributed by atoms with Crippen LogP contribution in [-0.4, -0.2) is 33.9 Å². The molecule has 1 amide bonds. The van der Waals surface area contributed by atoms with E-state index in [1.165, 1.54) is 11.8 Å². The third kappa shape index (κ3) is 3.64. The average Bonchev–Trinajstić information content (AvgIpc) is 3.20. The van der Waals surface area contributed by atoms with Gasteiger partial charge in [-0.25, -0.2) is 9.48 Å². The van der Waals surface area contributed by atoms with E-state index >= 15 is 0 Å². The summed E-state index contributed by atoms with van der Waals surface area (Å²) in [5, 5.41) is 14.8. The monoisotopic (exact) mass is 413 g/mol. The van der Waals surface area contributed by atoms with Crippen LogP contribution in [-0.2, 0) is 0 Å². The molecule has 4 rings (SSSR count). The molecule has 0 fully saturated rings. The zero-order chi connectivity index (χ0) is 22.0. The first-order valence-electron chi connectivity index (χ1n) is 9.46. The van der Waals surface area contributed by atoms with Crippen molar-refractivity contribution >= 4 is 11.9 Å². The standard InChI is InChI=1S/C24H19N3O4/c1-31-19-13-12-17(23(25)28)14-18(19)27-22(16-10-6-3-7-11-16)20(24(29)30)21(26-27)15-8-4-2-5-9-15/h2-14H,1H3,(H2,25,28)(H,29,30). The van der Waals surface area contributed by atoms with E-state index in [0.717, 1.165) is 0 Å². The van der Waals surface area contributed by atoms with Crippen LogP contribution in [0.25, 0.3) is 28.2 Å². The van der Waals surface area contributed by atoms with E-state index in [-0.39, 0.29) is 11.1 Å². The second kappa shape index (κ2) is 8.16. The molecule has 4 aromatic rings. The number of nitrogens with two attached hydrogens (primary N) is 1. The summed E-state index contributed by atoms with van der Waals surface area (Å²) in [4.78, 5) is 24.2. The normalized spacial score (nSPS) is 10.6. The fraction of sp³-hybridized carbons (Fsp3) is 0.0417. The Morgan fingerprint density at radius 1 is 0.935 bits per heavy atom.